The zero-order valence-electron chi connectivity index (χ0n) is 11.9. The number of rotatable bonds is 4. The molecule has 1 aromatic rings. The van der Waals surface area contributed by atoms with Gasteiger partial charge in [0.1, 0.15) is 13.2 Å². The van der Waals surface area contributed by atoms with Crippen molar-refractivity contribution in [3.8, 4) is 11.5 Å². The van der Waals surface area contributed by atoms with Crippen LogP contribution in [0.2, 0.25) is 5.02 Å². The molecule has 2 aliphatic heterocycles. The second-order valence-corrected chi connectivity index (χ2v) is 5.65. The second kappa shape index (κ2) is 6.64. The first kappa shape index (κ1) is 14.6. The maximum atomic E-state index is 11.2. The number of halogens is 1. The van der Waals surface area contributed by atoms with Crippen LogP contribution in [0, 0.1) is 0 Å². The van der Waals surface area contributed by atoms with Gasteiger partial charge in [0.25, 0.3) is 0 Å². The Labute approximate surface area is 129 Å². The molecule has 2 heterocycles. The van der Waals surface area contributed by atoms with Crippen LogP contribution in [0.15, 0.2) is 6.07 Å². The average molecular weight is 311 g/mol. The third kappa shape index (κ3) is 3.15. The van der Waals surface area contributed by atoms with Crippen molar-refractivity contribution in [3.63, 3.8) is 0 Å². The van der Waals surface area contributed by atoms with Crippen molar-refractivity contribution in [2.75, 3.05) is 45.9 Å². The van der Waals surface area contributed by atoms with Gasteiger partial charge in [-0.2, -0.15) is 0 Å². The Balaban J connectivity index is 1.81. The largest absolute Gasteiger partial charge is 0.486 e. The SMILES string of the molecule is O=Cc1c(Cl)cc(CCN2CCNCC2)c2c1OCCO2. The van der Waals surface area contributed by atoms with Gasteiger partial charge in [-0.05, 0) is 12.5 Å². The van der Waals surface area contributed by atoms with Gasteiger partial charge in [-0.15, -0.1) is 0 Å². The Hall–Kier alpha value is -1.30. The summed E-state index contributed by atoms with van der Waals surface area (Å²) >= 11 is 6.20. The number of carbonyl (C=O) groups is 1. The number of nitrogens with one attached hydrogen (secondary N) is 1. The van der Waals surface area contributed by atoms with E-state index < -0.39 is 0 Å². The highest BCUT2D eigenvalue weighted by molar-refractivity contribution is 6.33. The van der Waals surface area contributed by atoms with Gasteiger partial charge in [0.2, 0.25) is 0 Å². The van der Waals surface area contributed by atoms with Crippen LogP contribution in [0.25, 0.3) is 0 Å². The van der Waals surface area contributed by atoms with Gasteiger partial charge < -0.3 is 19.7 Å². The van der Waals surface area contributed by atoms with E-state index in [0.29, 0.717) is 35.3 Å². The van der Waals surface area contributed by atoms with E-state index in [9.17, 15) is 4.79 Å². The van der Waals surface area contributed by atoms with Crippen molar-refractivity contribution in [1.29, 1.82) is 0 Å². The number of ether oxygens (including phenoxy) is 2. The third-order valence-electron chi connectivity index (χ3n) is 3.90. The van der Waals surface area contributed by atoms with Gasteiger partial charge in [0, 0.05) is 38.3 Å². The number of nitrogens with zero attached hydrogens (tertiary/aromatic N) is 1. The molecule has 0 aromatic heterocycles. The molecule has 0 spiro atoms. The number of piperazine rings is 1. The summed E-state index contributed by atoms with van der Waals surface area (Å²) < 4.78 is 11.3. The lowest BCUT2D eigenvalue weighted by atomic mass is 10.1. The van der Waals surface area contributed by atoms with Crippen LogP contribution in [0.3, 0.4) is 0 Å². The van der Waals surface area contributed by atoms with Gasteiger partial charge in [-0.25, -0.2) is 0 Å². The van der Waals surface area contributed by atoms with E-state index in [0.717, 1.165) is 51.0 Å². The maximum absolute atomic E-state index is 11.2. The van der Waals surface area contributed by atoms with E-state index in [1.807, 2.05) is 6.07 Å². The monoisotopic (exact) mass is 310 g/mol. The molecule has 0 radical (unpaired) electrons. The molecule has 1 aromatic carbocycles. The predicted molar refractivity (Wildman–Crippen MR) is 80.8 cm³/mol. The molecule has 3 rings (SSSR count). The average Bonchev–Trinajstić information content (AvgIpc) is 2.54. The van der Waals surface area contributed by atoms with Crippen molar-refractivity contribution in [2.45, 2.75) is 6.42 Å². The lowest BCUT2D eigenvalue weighted by Crippen LogP contribution is -2.44. The Bertz CT molecular complexity index is 530. The van der Waals surface area contributed by atoms with Crippen LogP contribution in [-0.4, -0.2) is 57.1 Å². The summed E-state index contributed by atoms with van der Waals surface area (Å²) in [5, 5.41) is 3.78. The van der Waals surface area contributed by atoms with Crippen molar-refractivity contribution in [1.82, 2.24) is 10.2 Å². The summed E-state index contributed by atoms with van der Waals surface area (Å²) in [6, 6.07) is 1.83. The van der Waals surface area contributed by atoms with Gasteiger partial charge in [-0.1, -0.05) is 11.6 Å². The summed E-state index contributed by atoms with van der Waals surface area (Å²) in [7, 11) is 0. The molecule has 0 saturated carbocycles. The Morgan fingerprint density at radius 2 is 1.95 bits per heavy atom. The van der Waals surface area contributed by atoms with Crippen LogP contribution >= 0.6 is 11.6 Å². The third-order valence-corrected chi connectivity index (χ3v) is 4.21. The van der Waals surface area contributed by atoms with E-state index in [-0.39, 0.29) is 0 Å². The van der Waals surface area contributed by atoms with Crippen LogP contribution < -0.4 is 14.8 Å². The van der Waals surface area contributed by atoms with E-state index in [1.165, 1.54) is 0 Å². The lowest BCUT2D eigenvalue weighted by Gasteiger charge is -2.28. The molecular formula is C15H19ClN2O3. The van der Waals surface area contributed by atoms with Crippen molar-refractivity contribution in [3.05, 3.63) is 22.2 Å². The zero-order chi connectivity index (χ0) is 14.7. The van der Waals surface area contributed by atoms with Crippen molar-refractivity contribution < 1.29 is 14.3 Å². The minimum Gasteiger partial charge on any atom is -0.486 e. The van der Waals surface area contributed by atoms with Crippen molar-refractivity contribution in [2.24, 2.45) is 0 Å². The van der Waals surface area contributed by atoms with Crippen molar-refractivity contribution >= 4 is 17.9 Å². The van der Waals surface area contributed by atoms with E-state index in [2.05, 4.69) is 10.2 Å². The van der Waals surface area contributed by atoms with Crippen LogP contribution in [-0.2, 0) is 6.42 Å². The molecule has 0 atom stereocenters. The molecule has 5 nitrogen and oxygen atoms in total. The molecule has 1 saturated heterocycles. The molecule has 6 heteroatoms. The number of carbonyl (C=O) groups excluding carboxylic acids is 1. The summed E-state index contributed by atoms with van der Waals surface area (Å²) in [6.45, 7) is 6.08. The summed E-state index contributed by atoms with van der Waals surface area (Å²) in [5.74, 6) is 1.18. The lowest BCUT2D eigenvalue weighted by molar-refractivity contribution is 0.111. The quantitative estimate of drug-likeness (QED) is 0.851. The fourth-order valence-corrected chi connectivity index (χ4v) is 3.03. The molecule has 0 unspecified atom stereocenters. The molecule has 0 bridgehead atoms. The first-order chi connectivity index (χ1) is 10.3. The number of hydrogen-bond acceptors (Lipinski definition) is 5. The van der Waals surface area contributed by atoms with E-state index >= 15 is 0 Å². The second-order valence-electron chi connectivity index (χ2n) is 5.25. The minimum absolute atomic E-state index is 0.386. The molecule has 114 valence electrons. The standard InChI is InChI=1S/C15H19ClN2O3/c16-13-9-11(1-4-18-5-2-17-3-6-18)14-15(12(13)10-19)21-8-7-20-14/h9-10,17H,1-8H2. The fraction of sp³-hybridized carbons (Fsp3) is 0.533. The molecule has 0 amide bonds. The smallest absolute Gasteiger partial charge is 0.173 e. The van der Waals surface area contributed by atoms with Gasteiger partial charge >= 0.3 is 0 Å². The zero-order valence-corrected chi connectivity index (χ0v) is 12.6. The van der Waals surface area contributed by atoms with Crippen LogP contribution in [0.4, 0.5) is 0 Å². The normalized spacial score (nSPS) is 18.5. The topological polar surface area (TPSA) is 50.8 Å². The highest BCUT2D eigenvalue weighted by atomic mass is 35.5. The number of benzene rings is 1. The first-order valence-electron chi connectivity index (χ1n) is 7.29. The molecule has 2 aliphatic rings. The first-order valence-corrected chi connectivity index (χ1v) is 7.66. The number of hydrogen-bond donors (Lipinski definition) is 1. The summed E-state index contributed by atoms with van der Waals surface area (Å²) in [4.78, 5) is 13.6. The number of fused-ring (bicyclic) bond motifs is 1. The Morgan fingerprint density at radius 3 is 2.67 bits per heavy atom. The van der Waals surface area contributed by atoms with Crippen LogP contribution in [0.1, 0.15) is 15.9 Å². The molecule has 1 fully saturated rings. The molecule has 0 aliphatic carbocycles. The Kier molecular flexibility index (Phi) is 4.63. The fourth-order valence-electron chi connectivity index (χ4n) is 2.77. The van der Waals surface area contributed by atoms with Gasteiger partial charge in [-0.3, -0.25) is 4.79 Å². The highest BCUT2D eigenvalue weighted by Crippen LogP contribution is 2.40. The summed E-state index contributed by atoms with van der Waals surface area (Å²) in [6.07, 6.45) is 1.57. The van der Waals surface area contributed by atoms with Crippen LogP contribution in [0.5, 0.6) is 11.5 Å². The predicted octanol–water partition coefficient (Wildman–Crippen LogP) is 1.37. The summed E-state index contributed by atoms with van der Waals surface area (Å²) in [5.41, 5.74) is 1.40. The molecular weight excluding hydrogens is 292 g/mol. The minimum atomic E-state index is 0.386. The van der Waals surface area contributed by atoms with Gasteiger partial charge in [0.05, 0.1) is 10.6 Å². The van der Waals surface area contributed by atoms with E-state index in [4.69, 9.17) is 21.1 Å². The Morgan fingerprint density at radius 1 is 1.24 bits per heavy atom. The van der Waals surface area contributed by atoms with Gasteiger partial charge in [0.15, 0.2) is 17.8 Å². The van der Waals surface area contributed by atoms with E-state index in [1.54, 1.807) is 0 Å². The highest BCUT2D eigenvalue weighted by Gasteiger charge is 2.23. The maximum Gasteiger partial charge on any atom is 0.173 e. The number of aldehydes is 1. The molecule has 21 heavy (non-hydrogen) atoms. The molecule has 1 N–H and O–H groups in total.